The minimum atomic E-state index is -0.199. The number of para-hydroxylation sites is 1. The number of hydrogen-bond donors (Lipinski definition) is 3. The molecule has 0 aliphatic carbocycles. The summed E-state index contributed by atoms with van der Waals surface area (Å²) in [5, 5.41) is 14.8. The fourth-order valence-electron chi connectivity index (χ4n) is 2.14. The fourth-order valence-corrected chi connectivity index (χ4v) is 2.14. The fraction of sp³-hybridized carbons (Fsp3) is 0.533. The lowest BCUT2D eigenvalue weighted by molar-refractivity contribution is 0.165. The van der Waals surface area contributed by atoms with Gasteiger partial charge in [-0.3, -0.25) is 0 Å². The van der Waals surface area contributed by atoms with Gasteiger partial charge in [0.1, 0.15) is 0 Å². The Hall–Kier alpha value is -1.55. The van der Waals surface area contributed by atoms with Crippen molar-refractivity contribution in [2.75, 3.05) is 18.5 Å². The first-order valence-corrected chi connectivity index (χ1v) is 6.86. The second-order valence-corrected chi connectivity index (χ2v) is 4.85. The molecule has 0 saturated carbocycles. The van der Waals surface area contributed by atoms with E-state index in [1.807, 2.05) is 30.3 Å². The van der Waals surface area contributed by atoms with Crippen LogP contribution < -0.4 is 10.6 Å². The summed E-state index contributed by atoms with van der Waals surface area (Å²) in [6, 6.07) is 9.16. The number of nitrogens with one attached hydrogen (secondary N) is 2. The predicted molar refractivity (Wildman–Crippen MR) is 78.2 cm³/mol. The molecule has 106 valence electrons. The standard InChI is InChI=1S/C15H24N2O2/c1-3-15(4-2,10-11-18)12-16-14(19)17-13-8-6-5-7-9-13/h5-9,18H,3-4,10-12H2,1-2H3,(H2,16,17,19). The summed E-state index contributed by atoms with van der Waals surface area (Å²) in [6.45, 7) is 4.93. The summed E-state index contributed by atoms with van der Waals surface area (Å²) >= 11 is 0. The van der Waals surface area contributed by atoms with Crippen LogP contribution in [0.1, 0.15) is 33.1 Å². The van der Waals surface area contributed by atoms with Crippen molar-refractivity contribution >= 4 is 11.7 Å². The molecule has 0 heterocycles. The number of anilines is 1. The minimum absolute atomic E-state index is 0.0111. The van der Waals surface area contributed by atoms with Crippen molar-refractivity contribution in [1.82, 2.24) is 5.32 Å². The highest BCUT2D eigenvalue weighted by atomic mass is 16.3. The Morgan fingerprint density at radius 3 is 2.37 bits per heavy atom. The van der Waals surface area contributed by atoms with Gasteiger partial charge in [0.15, 0.2) is 0 Å². The molecule has 0 spiro atoms. The second-order valence-electron chi connectivity index (χ2n) is 4.85. The van der Waals surface area contributed by atoms with Crippen molar-refractivity contribution in [2.45, 2.75) is 33.1 Å². The molecule has 1 rings (SSSR count). The van der Waals surface area contributed by atoms with E-state index in [-0.39, 0.29) is 18.1 Å². The van der Waals surface area contributed by atoms with Gasteiger partial charge in [-0.05, 0) is 36.8 Å². The zero-order valence-corrected chi connectivity index (χ0v) is 11.8. The number of amides is 2. The first kappa shape index (κ1) is 15.5. The molecule has 4 nitrogen and oxygen atoms in total. The average Bonchev–Trinajstić information content (AvgIpc) is 2.45. The largest absolute Gasteiger partial charge is 0.396 e. The lowest BCUT2D eigenvalue weighted by atomic mass is 9.79. The first-order valence-electron chi connectivity index (χ1n) is 6.86. The Morgan fingerprint density at radius 2 is 1.84 bits per heavy atom. The number of carbonyl (C=O) groups excluding carboxylic acids is 1. The van der Waals surface area contributed by atoms with Crippen LogP contribution in [0.2, 0.25) is 0 Å². The number of hydrogen-bond acceptors (Lipinski definition) is 2. The van der Waals surface area contributed by atoms with Gasteiger partial charge in [0, 0.05) is 18.8 Å². The maximum atomic E-state index is 11.8. The van der Waals surface area contributed by atoms with E-state index in [1.54, 1.807) is 0 Å². The molecule has 0 aromatic heterocycles. The molecule has 0 atom stereocenters. The number of urea groups is 1. The summed E-state index contributed by atoms with van der Waals surface area (Å²) in [5.74, 6) is 0. The van der Waals surface area contributed by atoms with Crippen LogP contribution in [0.5, 0.6) is 0 Å². The number of benzene rings is 1. The molecular formula is C15H24N2O2. The van der Waals surface area contributed by atoms with E-state index in [1.165, 1.54) is 0 Å². The second kappa shape index (κ2) is 7.79. The van der Waals surface area contributed by atoms with Gasteiger partial charge >= 0.3 is 6.03 Å². The van der Waals surface area contributed by atoms with Gasteiger partial charge in [0.05, 0.1) is 0 Å². The molecule has 0 aliphatic rings. The SMILES string of the molecule is CCC(CC)(CCO)CNC(=O)Nc1ccccc1. The van der Waals surface area contributed by atoms with Crippen LogP contribution in [0.4, 0.5) is 10.5 Å². The Morgan fingerprint density at radius 1 is 1.21 bits per heavy atom. The molecule has 1 aromatic carbocycles. The molecule has 0 radical (unpaired) electrons. The smallest absolute Gasteiger partial charge is 0.319 e. The maximum Gasteiger partial charge on any atom is 0.319 e. The van der Waals surface area contributed by atoms with Gasteiger partial charge in [-0.25, -0.2) is 4.79 Å². The van der Waals surface area contributed by atoms with E-state index < -0.39 is 0 Å². The molecule has 0 fully saturated rings. The number of carbonyl (C=O) groups is 1. The quantitative estimate of drug-likeness (QED) is 0.709. The lowest BCUT2D eigenvalue weighted by Crippen LogP contribution is -2.39. The van der Waals surface area contributed by atoms with E-state index in [9.17, 15) is 4.79 Å². The molecule has 19 heavy (non-hydrogen) atoms. The van der Waals surface area contributed by atoms with Gasteiger partial charge in [0.25, 0.3) is 0 Å². The molecule has 3 N–H and O–H groups in total. The van der Waals surface area contributed by atoms with Gasteiger partial charge < -0.3 is 15.7 Å². The maximum absolute atomic E-state index is 11.8. The molecule has 4 heteroatoms. The number of aliphatic hydroxyl groups is 1. The Kier molecular flexibility index (Phi) is 6.36. The van der Waals surface area contributed by atoms with Crippen LogP contribution in [0, 0.1) is 5.41 Å². The predicted octanol–water partition coefficient (Wildman–Crippen LogP) is 3.00. The van der Waals surface area contributed by atoms with Gasteiger partial charge in [-0.1, -0.05) is 32.0 Å². The van der Waals surface area contributed by atoms with Crippen LogP contribution in [-0.4, -0.2) is 24.3 Å². The van der Waals surface area contributed by atoms with Crippen molar-refractivity contribution in [1.29, 1.82) is 0 Å². The van der Waals surface area contributed by atoms with Crippen molar-refractivity contribution in [3.63, 3.8) is 0 Å². The van der Waals surface area contributed by atoms with E-state index >= 15 is 0 Å². The normalized spacial score (nSPS) is 11.1. The van der Waals surface area contributed by atoms with E-state index in [2.05, 4.69) is 24.5 Å². The van der Waals surface area contributed by atoms with Crippen molar-refractivity contribution in [3.05, 3.63) is 30.3 Å². The van der Waals surface area contributed by atoms with Crippen LogP contribution >= 0.6 is 0 Å². The van der Waals surface area contributed by atoms with Gasteiger partial charge in [0.2, 0.25) is 0 Å². The van der Waals surface area contributed by atoms with Crippen LogP contribution in [0.3, 0.4) is 0 Å². The third kappa shape index (κ3) is 4.91. The number of rotatable bonds is 7. The molecule has 0 saturated heterocycles. The first-order chi connectivity index (χ1) is 9.15. The Labute approximate surface area is 115 Å². The van der Waals surface area contributed by atoms with Crippen molar-refractivity contribution in [3.8, 4) is 0 Å². The van der Waals surface area contributed by atoms with Gasteiger partial charge in [-0.15, -0.1) is 0 Å². The highest BCUT2D eigenvalue weighted by Gasteiger charge is 2.25. The molecule has 1 aromatic rings. The summed E-state index contributed by atoms with van der Waals surface area (Å²) in [5.41, 5.74) is 0.767. The van der Waals surface area contributed by atoms with Crippen LogP contribution in [-0.2, 0) is 0 Å². The van der Waals surface area contributed by atoms with E-state index in [0.29, 0.717) is 13.0 Å². The molecule has 0 aliphatic heterocycles. The molecule has 2 amide bonds. The zero-order chi connectivity index (χ0) is 14.1. The molecular weight excluding hydrogens is 240 g/mol. The molecule has 0 unspecified atom stereocenters. The summed E-state index contributed by atoms with van der Waals surface area (Å²) in [6.07, 6.45) is 2.59. The van der Waals surface area contributed by atoms with Gasteiger partial charge in [-0.2, -0.15) is 0 Å². The monoisotopic (exact) mass is 264 g/mol. The van der Waals surface area contributed by atoms with Crippen LogP contribution in [0.15, 0.2) is 30.3 Å². The average molecular weight is 264 g/mol. The summed E-state index contributed by atoms with van der Waals surface area (Å²) < 4.78 is 0. The third-order valence-electron chi connectivity index (χ3n) is 3.80. The molecule has 0 bridgehead atoms. The zero-order valence-electron chi connectivity index (χ0n) is 11.8. The minimum Gasteiger partial charge on any atom is -0.396 e. The number of aliphatic hydroxyl groups excluding tert-OH is 1. The van der Waals surface area contributed by atoms with E-state index in [0.717, 1.165) is 18.5 Å². The highest BCUT2D eigenvalue weighted by Crippen LogP contribution is 2.29. The highest BCUT2D eigenvalue weighted by molar-refractivity contribution is 5.89. The van der Waals surface area contributed by atoms with E-state index in [4.69, 9.17) is 5.11 Å². The summed E-state index contributed by atoms with van der Waals surface area (Å²) in [7, 11) is 0. The van der Waals surface area contributed by atoms with Crippen LogP contribution in [0.25, 0.3) is 0 Å². The van der Waals surface area contributed by atoms with Crippen molar-refractivity contribution < 1.29 is 9.90 Å². The Balaban J connectivity index is 2.48. The summed E-state index contributed by atoms with van der Waals surface area (Å²) in [4.78, 5) is 11.8. The third-order valence-corrected chi connectivity index (χ3v) is 3.80. The Bertz CT molecular complexity index is 375. The lowest BCUT2D eigenvalue weighted by Gasteiger charge is -2.31. The van der Waals surface area contributed by atoms with Crippen molar-refractivity contribution in [2.24, 2.45) is 5.41 Å². The topological polar surface area (TPSA) is 61.4 Å².